The Morgan fingerprint density at radius 2 is 1.77 bits per heavy atom. The number of carbonyl (C=O) groups is 1. The van der Waals surface area contributed by atoms with Gasteiger partial charge >= 0.3 is 0 Å². The summed E-state index contributed by atoms with van der Waals surface area (Å²) in [4.78, 5) is 21.3. The van der Waals surface area contributed by atoms with Gasteiger partial charge in [0.05, 0.1) is 27.2 Å². The highest BCUT2D eigenvalue weighted by Crippen LogP contribution is 2.41. The summed E-state index contributed by atoms with van der Waals surface area (Å²) >= 11 is 13.6. The van der Waals surface area contributed by atoms with Crippen LogP contribution in [-0.4, -0.2) is 28.6 Å². The average molecular weight is 596 g/mol. The van der Waals surface area contributed by atoms with Crippen molar-refractivity contribution in [1.82, 2.24) is 4.90 Å². The lowest BCUT2D eigenvalue weighted by atomic mass is 9.85. The predicted octanol–water partition coefficient (Wildman–Crippen LogP) is 9.15. The standard InChI is InChI=1S/C32H32Cl2N2O3S/c1-3-38-29-18-22(14-16-28(29)39-20-23-13-15-25(33)26(34)17-23)19-30-31(37)36(27-12-8-7-9-21(27)2)32(40-30)35-24-10-5-4-6-11-24/h4-6,10-11,13-19,21,27H,3,7-9,12,20H2,1-2H3/b30-19-,35-32?/t21-,27-/m0/s1. The van der Waals surface area contributed by atoms with Crippen molar-refractivity contribution >= 4 is 57.8 Å². The number of halogens is 2. The second-order valence-electron chi connectivity index (χ2n) is 10.0. The fourth-order valence-electron chi connectivity index (χ4n) is 5.09. The van der Waals surface area contributed by atoms with Gasteiger partial charge in [0.25, 0.3) is 5.91 Å². The number of nitrogens with zero attached hydrogens (tertiary/aromatic N) is 2. The molecule has 1 aliphatic carbocycles. The fraction of sp³-hybridized carbons (Fsp3) is 0.312. The van der Waals surface area contributed by atoms with Gasteiger partial charge < -0.3 is 9.47 Å². The Morgan fingerprint density at radius 1 is 0.975 bits per heavy atom. The Labute approximate surface area is 250 Å². The van der Waals surface area contributed by atoms with Crippen molar-refractivity contribution in [3.8, 4) is 11.5 Å². The summed E-state index contributed by atoms with van der Waals surface area (Å²) in [7, 11) is 0. The molecular formula is C32H32Cl2N2O3S. The normalized spacial score (nSPS) is 21.3. The molecule has 40 heavy (non-hydrogen) atoms. The molecule has 1 aliphatic heterocycles. The number of aliphatic imine (C=N–C) groups is 1. The number of amidine groups is 1. The lowest BCUT2D eigenvalue weighted by molar-refractivity contribution is -0.124. The van der Waals surface area contributed by atoms with E-state index in [0.29, 0.717) is 45.6 Å². The topological polar surface area (TPSA) is 51.1 Å². The summed E-state index contributed by atoms with van der Waals surface area (Å²) in [6.45, 7) is 4.98. The van der Waals surface area contributed by atoms with Crippen molar-refractivity contribution in [2.75, 3.05) is 6.61 Å². The molecule has 208 valence electrons. The summed E-state index contributed by atoms with van der Waals surface area (Å²) in [6, 6.07) is 21.1. The lowest BCUT2D eigenvalue weighted by Gasteiger charge is -2.35. The molecule has 2 aliphatic rings. The van der Waals surface area contributed by atoms with Crippen LogP contribution in [0.5, 0.6) is 11.5 Å². The van der Waals surface area contributed by atoms with Gasteiger partial charge in [-0.05, 0) is 91.0 Å². The monoisotopic (exact) mass is 594 g/mol. The van der Waals surface area contributed by atoms with Gasteiger partial charge in [0.15, 0.2) is 16.7 Å². The Bertz CT molecular complexity index is 1430. The van der Waals surface area contributed by atoms with Gasteiger partial charge in [0, 0.05) is 6.04 Å². The van der Waals surface area contributed by atoms with E-state index in [4.69, 9.17) is 37.7 Å². The molecule has 1 saturated carbocycles. The first-order valence-electron chi connectivity index (χ1n) is 13.6. The van der Waals surface area contributed by atoms with E-state index in [1.54, 1.807) is 12.1 Å². The smallest absolute Gasteiger partial charge is 0.267 e. The van der Waals surface area contributed by atoms with Gasteiger partial charge in [-0.15, -0.1) is 0 Å². The first-order chi connectivity index (χ1) is 19.4. The highest BCUT2D eigenvalue weighted by molar-refractivity contribution is 8.18. The Balaban J connectivity index is 1.41. The van der Waals surface area contributed by atoms with E-state index in [-0.39, 0.29) is 11.9 Å². The summed E-state index contributed by atoms with van der Waals surface area (Å²) in [5, 5.41) is 1.73. The van der Waals surface area contributed by atoms with Gasteiger partial charge in [-0.2, -0.15) is 0 Å². The molecule has 3 aromatic carbocycles. The van der Waals surface area contributed by atoms with Crippen molar-refractivity contribution in [3.05, 3.63) is 92.8 Å². The van der Waals surface area contributed by atoms with Crippen molar-refractivity contribution in [3.63, 3.8) is 0 Å². The van der Waals surface area contributed by atoms with Crippen molar-refractivity contribution in [2.45, 2.75) is 52.2 Å². The van der Waals surface area contributed by atoms with E-state index in [1.807, 2.05) is 72.5 Å². The minimum Gasteiger partial charge on any atom is -0.490 e. The zero-order valence-electron chi connectivity index (χ0n) is 22.6. The zero-order chi connectivity index (χ0) is 28.1. The lowest BCUT2D eigenvalue weighted by Crippen LogP contribution is -2.44. The van der Waals surface area contributed by atoms with Crippen LogP contribution in [0.3, 0.4) is 0 Å². The van der Waals surface area contributed by atoms with Crippen LogP contribution in [-0.2, 0) is 11.4 Å². The number of benzene rings is 3. The third kappa shape index (κ3) is 6.68. The van der Waals surface area contributed by atoms with Crippen LogP contribution in [0.25, 0.3) is 6.08 Å². The summed E-state index contributed by atoms with van der Waals surface area (Å²) in [5.41, 5.74) is 2.60. The third-order valence-corrected chi connectivity index (χ3v) is 8.88. The van der Waals surface area contributed by atoms with Gasteiger partial charge in [-0.3, -0.25) is 9.69 Å². The van der Waals surface area contributed by atoms with Crippen LogP contribution in [0.1, 0.15) is 50.7 Å². The maximum Gasteiger partial charge on any atom is 0.267 e. The van der Waals surface area contributed by atoms with Crippen molar-refractivity contribution in [1.29, 1.82) is 0 Å². The molecule has 0 radical (unpaired) electrons. The minimum atomic E-state index is 0.0105. The molecule has 0 unspecified atom stereocenters. The molecule has 0 aromatic heterocycles. The molecule has 0 bridgehead atoms. The van der Waals surface area contributed by atoms with Gasteiger partial charge in [-0.25, -0.2) is 4.99 Å². The molecule has 0 N–H and O–H groups in total. The van der Waals surface area contributed by atoms with E-state index in [2.05, 4.69) is 6.92 Å². The molecule has 5 nitrogen and oxygen atoms in total. The van der Waals surface area contributed by atoms with Crippen LogP contribution in [0.4, 0.5) is 5.69 Å². The largest absolute Gasteiger partial charge is 0.490 e. The van der Waals surface area contributed by atoms with Crippen LogP contribution in [0.2, 0.25) is 10.0 Å². The Morgan fingerprint density at radius 3 is 2.52 bits per heavy atom. The number of amides is 1. The molecule has 8 heteroatoms. The van der Waals surface area contributed by atoms with E-state index in [1.165, 1.54) is 18.2 Å². The molecule has 0 spiro atoms. The zero-order valence-corrected chi connectivity index (χ0v) is 24.9. The van der Waals surface area contributed by atoms with Crippen LogP contribution in [0, 0.1) is 5.92 Å². The molecular weight excluding hydrogens is 563 g/mol. The highest BCUT2D eigenvalue weighted by Gasteiger charge is 2.41. The molecule has 1 amide bonds. The number of thioether (sulfide) groups is 1. The van der Waals surface area contributed by atoms with E-state index in [9.17, 15) is 4.79 Å². The maximum absolute atomic E-state index is 13.8. The molecule has 3 aromatic rings. The second kappa shape index (κ2) is 13.2. The van der Waals surface area contributed by atoms with Crippen molar-refractivity contribution in [2.24, 2.45) is 10.9 Å². The molecule has 5 rings (SSSR count). The quantitative estimate of drug-likeness (QED) is 0.244. The minimum absolute atomic E-state index is 0.0105. The number of hydrogen-bond donors (Lipinski definition) is 0. The molecule has 1 heterocycles. The van der Waals surface area contributed by atoms with Crippen molar-refractivity contribution < 1.29 is 14.3 Å². The molecule has 2 atom stereocenters. The number of carbonyl (C=O) groups excluding carboxylic acids is 1. The molecule has 1 saturated heterocycles. The van der Waals surface area contributed by atoms with E-state index >= 15 is 0 Å². The second-order valence-corrected chi connectivity index (χ2v) is 11.8. The third-order valence-electron chi connectivity index (χ3n) is 7.16. The van der Waals surface area contributed by atoms with Crippen LogP contribution >= 0.6 is 35.0 Å². The van der Waals surface area contributed by atoms with E-state index < -0.39 is 0 Å². The van der Waals surface area contributed by atoms with Crippen LogP contribution < -0.4 is 9.47 Å². The Kier molecular flexibility index (Phi) is 9.40. The molecule has 2 fully saturated rings. The fourth-order valence-corrected chi connectivity index (χ4v) is 6.46. The predicted molar refractivity (Wildman–Crippen MR) is 166 cm³/mol. The van der Waals surface area contributed by atoms with Crippen LogP contribution in [0.15, 0.2) is 76.6 Å². The van der Waals surface area contributed by atoms with Gasteiger partial charge in [0.1, 0.15) is 6.61 Å². The maximum atomic E-state index is 13.8. The highest BCUT2D eigenvalue weighted by atomic mass is 35.5. The summed E-state index contributed by atoms with van der Waals surface area (Å²) < 4.78 is 12.0. The average Bonchev–Trinajstić information content (AvgIpc) is 3.25. The summed E-state index contributed by atoms with van der Waals surface area (Å²) in [5.74, 6) is 1.67. The Hall–Kier alpha value is -2.93. The van der Waals surface area contributed by atoms with Gasteiger partial charge in [-0.1, -0.05) is 73.3 Å². The number of hydrogen-bond acceptors (Lipinski definition) is 5. The van der Waals surface area contributed by atoms with E-state index in [0.717, 1.165) is 41.2 Å². The summed E-state index contributed by atoms with van der Waals surface area (Å²) in [6.07, 6.45) is 6.38. The SMILES string of the molecule is CCOc1cc(/C=C2\SC(=Nc3ccccc3)N([C@H]3CCCC[C@@H]3C)C2=O)ccc1OCc1ccc(Cl)c(Cl)c1. The number of rotatable bonds is 8. The number of ether oxygens (including phenoxy) is 2. The number of para-hydroxylation sites is 1. The first kappa shape index (κ1) is 28.6. The first-order valence-corrected chi connectivity index (χ1v) is 15.2. The van der Waals surface area contributed by atoms with Gasteiger partial charge in [0.2, 0.25) is 0 Å².